The lowest BCUT2D eigenvalue weighted by Gasteiger charge is -2.09. The quantitative estimate of drug-likeness (QED) is 0.935. The van der Waals surface area contributed by atoms with E-state index >= 15 is 0 Å². The van der Waals surface area contributed by atoms with Gasteiger partial charge >= 0.3 is 0 Å². The number of halogens is 2. The topological polar surface area (TPSA) is 42.0 Å². The molecule has 1 N–H and O–H groups in total. The van der Waals surface area contributed by atoms with E-state index in [0.717, 1.165) is 12.1 Å². The first-order chi connectivity index (χ1) is 9.47. The van der Waals surface area contributed by atoms with Gasteiger partial charge in [-0.3, -0.25) is 9.78 Å². The largest absolute Gasteiger partial charge is 0.350 e. The van der Waals surface area contributed by atoms with E-state index in [1.54, 1.807) is 6.07 Å². The monoisotopic (exact) mass is 276 g/mol. The van der Waals surface area contributed by atoms with Crippen LogP contribution in [0, 0.1) is 11.6 Å². The minimum Gasteiger partial charge on any atom is -0.350 e. The molecule has 0 atom stereocenters. The molecule has 0 radical (unpaired) electrons. The Bertz CT molecular complexity index is 642. The van der Waals surface area contributed by atoms with Crippen LogP contribution in [-0.4, -0.2) is 16.9 Å². The lowest BCUT2D eigenvalue weighted by Crippen LogP contribution is -2.30. The molecule has 0 bridgehead atoms. The first-order valence-corrected chi connectivity index (χ1v) is 6.18. The fourth-order valence-corrected chi connectivity index (χ4v) is 1.74. The standard InChI is InChI=1S/C15H14F2N2O/c1-9(2)19-15(20)12-5-11(7-18-8-12)10-3-4-13(16)14(17)6-10/h3-9H,1-2H3,(H,19,20). The summed E-state index contributed by atoms with van der Waals surface area (Å²) in [4.78, 5) is 15.8. The van der Waals surface area contributed by atoms with Crippen LogP contribution in [0.15, 0.2) is 36.7 Å². The van der Waals surface area contributed by atoms with Crippen molar-refractivity contribution in [2.45, 2.75) is 19.9 Å². The van der Waals surface area contributed by atoms with Crippen LogP contribution in [0.25, 0.3) is 11.1 Å². The Kier molecular flexibility index (Phi) is 4.08. The molecule has 2 aromatic rings. The van der Waals surface area contributed by atoms with E-state index < -0.39 is 11.6 Å². The molecule has 0 fully saturated rings. The van der Waals surface area contributed by atoms with Crippen LogP contribution in [0.4, 0.5) is 8.78 Å². The Hall–Kier alpha value is -2.30. The van der Waals surface area contributed by atoms with E-state index in [9.17, 15) is 13.6 Å². The lowest BCUT2D eigenvalue weighted by molar-refractivity contribution is 0.0943. The van der Waals surface area contributed by atoms with Crippen molar-refractivity contribution >= 4 is 5.91 Å². The third-order valence-corrected chi connectivity index (χ3v) is 2.67. The van der Waals surface area contributed by atoms with Gasteiger partial charge in [-0.05, 0) is 37.6 Å². The fraction of sp³-hybridized carbons (Fsp3) is 0.200. The lowest BCUT2D eigenvalue weighted by atomic mass is 10.1. The predicted molar refractivity (Wildman–Crippen MR) is 72.2 cm³/mol. The SMILES string of the molecule is CC(C)NC(=O)c1cncc(-c2ccc(F)c(F)c2)c1. The van der Waals surface area contributed by atoms with Crippen LogP contribution in [-0.2, 0) is 0 Å². The van der Waals surface area contributed by atoms with Gasteiger partial charge in [-0.15, -0.1) is 0 Å². The summed E-state index contributed by atoms with van der Waals surface area (Å²) < 4.78 is 26.1. The number of nitrogens with zero attached hydrogens (tertiary/aromatic N) is 1. The van der Waals surface area contributed by atoms with Crippen molar-refractivity contribution in [3.63, 3.8) is 0 Å². The van der Waals surface area contributed by atoms with E-state index in [1.807, 2.05) is 13.8 Å². The Labute approximate surface area is 115 Å². The van der Waals surface area contributed by atoms with Gasteiger partial charge in [0.1, 0.15) is 0 Å². The second-order valence-electron chi connectivity index (χ2n) is 4.72. The van der Waals surface area contributed by atoms with Gasteiger partial charge in [0.05, 0.1) is 5.56 Å². The maximum atomic E-state index is 13.2. The molecule has 1 amide bonds. The molecule has 0 aliphatic carbocycles. The van der Waals surface area contributed by atoms with Crippen LogP contribution in [0.1, 0.15) is 24.2 Å². The van der Waals surface area contributed by atoms with E-state index in [2.05, 4.69) is 10.3 Å². The molecule has 0 saturated heterocycles. The zero-order valence-electron chi connectivity index (χ0n) is 11.2. The maximum Gasteiger partial charge on any atom is 0.253 e. The Morgan fingerprint density at radius 3 is 2.50 bits per heavy atom. The molecule has 5 heteroatoms. The van der Waals surface area contributed by atoms with Gasteiger partial charge in [0.15, 0.2) is 11.6 Å². The summed E-state index contributed by atoms with van der Waals surface area (Å²) in [6.45, 7) is 3.70. The molecule has 0 saturated carbocycles. The summed E-state index contributed by atoms with van der Waals surface area (Å²) in [7, 11) is 0. The van der Waals surface area contributed by atoms with Crippen LogP contribution < -0.4 is 5.32 Å². The number of nitrogens with one attached hydrogen (secondary N) is 1. The molecule has 1 aromatic heterocycles. The van der Waals surface area contributed by atoms with Gasteiger partial charge in [-0.2, -0.15) is 0 Å². The molecule has 0 aliphatic rings. The van der Waals surface area contributed by atoms with Crippen LogP contribution in [0.2, 0.25) is 0 Å². The highest BCUT2D eigenvalue weighted by molar-refractivity contribution is 5.95. The van der Waals surface area contributed by atoms with Crippen LogP contribution >= 0.6 is 0 Å². The number of pyridine rings is 1. The van der Waals surface area contributed by atoms with E-state index in [1.165, 1.54) is 18.5 Å². The second-order valence-corrected chi connectivity index (χ2v) is 4.72. The highest BCUT2D eigenvalue weighted by Gasteiger charge is 2.10. The zero-order chi connectivity index (χ0) is 14.7. The Morgan fingerprint density at radius 2 is 1.85 bits per heavy atom. The zero-order valence-corrected chi connectivity index (χ0v) is 11.2. The minimum atomic E-state index is -0.931. The Balaban J connectivity index is 2.34. The van der Waals surface area contributed by atoms with Crippen molar-refractivity contribution in [1.29, 1.82) is 0 Å². The van der Waals surface area contributed by atoms with Gasteiger partial charge in [0, 0.05) is 24.0 Å². The summed E-state index contributed by atoms with van der Waals surface area (Å²) in [6.07, 6.45) is 2.93. The van der Waals surface area contributed by atoms with Crippen molar-refractivity contribution in [2.75, 3.05) is 0 Å². The minimum absolute atomic E-state index is 0.00872. The van der Waals surface area contributed by atoms with Crippen molar-refractivity contribution in [1.82, 2.24) is 10.3 Å². The summed E-state index contributed by atoms with van der Waals surface area (Å²) in [5.74, 6) is -2.09. The molecule has 20 heavy (non-hydrogen) atoms. The number of carbonyl (C=O) groups is 1. The number of aromatic nitrogens is 1. The smallest absolute Gasteiger partial charge is 0.253 e. The molecular weight excluding hydrogens is 262 g/mol. The third kappa shape index (κ3) is 3.17. The predicted octanol–water partition coefficient (Wildman–Crippen LogP) is 3.17. The highest BCUT2D eigenvalue weighted by Crippen LogP contribution is 2.21. The van der Waals surface area contributed by atoms with Crippen LogP contribution in [0.3, 0.4) is 0 Å². The summed E-state index contributed by atoms with van der Waals surface area (Å²) in [6, 6.07) is 5.17. The van der Waals surface area contributed by atoms with Crippen LogP contribution in [0.5, 0.6) is 0 Å². The first-order valence-electron chi connectivity index (χ1n) is 6.18. The van der Waals surface area contributed by atoms with Gasteiger partial charge in [-0.25, -0.2) is 8.78 Å². The van der Waals surface area contributed by atoms with Gasteiger partial charge in [0.2, 0.25) is 0 Å². The van der Waals surface area contributed by atoms with Crippen molar-refractivity contribution < 1.29 is 13.6 Å². The van der Waals surface area contributed by atoms with Gasteiger partial charge in [-0.1, -0.05) is 6.07 Å². The van der Waals surface area contributed by atoms with E-state index in [4.69, 9.17) is 0 Å². The van der Waals surface area contributed by atoms with E-state index in [0.29, 0.717) is 16.7 Å². The number of carbonyl (C=O) groups excluding carboxylic acids is 1. The average Bonchev–Trinajstić information content (AvgIpc) is 2.41. The fourth-order valence-electron chi connectivity index (χ4n) is 1.74. The van der Waals surface area contributed by atoms with Gasteiger partial charge in [0.25, 0.3) is 5.91 Å². The maximum absolute atomic E-state index is 13.2. The van der Waals surface area contributed by atoms with Crippen molar-refractivity contribution in [2.24, 2.45) is 0 Å². The number of amides is 1. The molecular formula is C15H14F2N2O. The molecule has 1 aromatic carbocycles. The number of hydrogen-bond acceptors (Lipinski definition) is 2. The molecule has 0 aliphatic heterocycles. The molecule has 0 unspecified atom stereocenters. The van der Waals surface area contributed by atoms with Crippen molar-refractivity contribution in [3.8, 4) is 11.1 Å². The summed E-state index contributed by atoms with van der Waals surface area (Å²) >= 11 is 0. The second kappa shape index (κ2) is 5.77. The summed E-state index contributed by atoms with van der Waals surface area (Å²) in [5.41, 5.74) is 1.40. The summed E-state index contributed by atoms with van der Waals surface area (Å²) in [5, 5.41) is 2.75. The molecule has 3 nitrogen and oxygen atoms in total. The number of benzene rings is 1. The van der Waals surface area contributed by atoms with E-state index in [-0.39, 0.29) is 11.9 Å². The first kappa shape index (κ1) is 14.1. The highest BCUT2D eigenvalue weighted by atomic mass is 19.2. The third-order valence-electron chi connectivity index (χ3n) is 2.67. The molecule has 104 valence electrons. The van der Waals surface area contributed by atoms with Crippen molar-refractivity contribution in [3.05, 3.63) is 53.9 Å². The molecule has 2 rings (SSSR count). The normalized spacial score (nSPS) is 10.7. The number of hydrogen-bond donors (Lipinski definition) is 1. The van der Waals surface area contributed by atoms with Gasteiger partial charge < -0.3 is 5.32 Å². The molecule has 0 spiro atoms. The molecule has 1 heterocycles. The Morgan fingerprint density at radius 1 is 1.10 bits per heavy atom. The average molecular weight is 276 g/mol. The number of rotatable bonds is 3.